The Hall–Kier alpha value is -1.14. The van der Waals surface area contributed by atoms with E-state index in [2.05, 4.69) is 22.0 Å². The van der Waals surface area contributed by atoms with E-state index >= 15 is 0 Å². The molecule has 0 bridgehead atoms. The van der Waals surface area contributed by atoms with Gasteiger partial charge in [0.05, 0.1) is 12.1 Å². The lowest BCUT2D eigenvalue weighted by molar-refractivity contribution is 0.287. The molecule has 0 aliphatic carbocycles. The van der Waals surface area contributed by atoms with Gasteiger partial charge in [0, 0.05) is 17.6 Å². The van der Waals surface area contributed by atoms with E-state index < -0.39 is 0 Å². The van der Waals surface area contributed by atoms with Gasteiger partial charge in [-0.15, -0.1) is 11.3 Å². The molecule has 0 atom stereocenters. The molecule has 0 radical (unpaired) electrons. The van der Waals surface area contributed by atoms with Crippen molar-refractivity contribution < 1.29 is 5.21 Å². The molecule has 0 saturated carbocycles. The predicted molar refractivity (Wildman–Crippen MR) is 61.1 cm³/mol. The number of hydrogen-bond donors (Lipinski definition) is 2. The van der Waals surface area contributed by atoms with Crippen molar-refractivity contribution in [3.8, 4) is 0 Å². The molecule has 5 nitrogen and oxygen atoms in total. The molecule has 0 aliphatic heterocycles. The van der Waals surface area contributed by atoms with Crippen molar-refractivity contribution in [1.82, 2.24) is 9.88 Å². The highest BCUT2D eigenvalue weighted by Crippen LogP contribution is 2.09. The number of aromatic nitrogens is 1. The third kappa shape index (κ3) is 4.26. The van der Waals surface area contributed by atoms with Gasteiger partial charge >= 0.3 is 0 Å². The maximum Gasteiger partial charge on any atom is 0.153 e. The molecular weight excluding hydrogens is 212 g/mol. The van der Waals surface area contributed by atoms with Crippen molar-refractivity contribution in [2.24, 2.45) is 10.9 Å². The summed E-state index contributed by atoms with van der Waals surface area (Å²) >= 11 is 1.62. The summed E-state index contributed by atoms with van der Waals surface area (Å²) in [6.07, 6.45) is 2.89. The highest BCUT2D eigenvalue weighted by molar-refractivity contribution is 7.09. The predicted octanol–water partition coefficient (Wildman–Crippen LogP) is 1.10. The monoisotopic (exact) mass is 228 g/mol. The highest BCUT2D eigenvalue weighted by atomic mass is 32.1. The van der Waals surface area contributed by atoms with Gasteiger partial charge in [-0.1, -0.05) is 12.1 Å². The van der Waals surface area contributed by atoms with Gasteiger partial charge in [0.2, 0.25) is 0 Å². The van der Waals surface area contributed by atoms with Crippen LogP contribution in [0.2, 0.25) is 0 Å². The van der Waals surface area contributed by atoms with Crippen LogP contribution in [0.5, 0.6) is 0 Å². The first-order valence-electron chi connectivity index (χ1n) is 4.82. The normalized spacial score (nSPS) is 12.3. The minimum Gasteiger partial charge on any atom is -0.409 e. The van der Waals surface area contributed by atoms with Gasteiger partial charge in [-0.05, 0) is 13.0 Å². The van der Waals surface area contributed by atoms with E-state index in [0.717, 1.165) is 19.5 Å². The summed E-state index contributed by atoms with van der Waals surface area (Å²) in [4.78, 5) is 7.33. The summed E-state index contributed by atoms with van der Waals surface area (Å²) in [6, 6.07) is 0. The van der Waals surface area contributed by atoms with E-state index in [-0.39, 0.29) is 5.84 Å². The van der Waals surface area contributed by atoms with Gasteiger partial charge in [0.1, 0.15) is 0 Å². The Morgan fingerprint density at radius 1 is 1.73 bits per heavy atom. The Bertz CT molecular complexity index is 299. The average molecular weight is 228 g/mol. The number of oxime groups is 1. The number of nitrogens with zero attached hydrogens (tertiary/aromatic N) is 3. The van der Waals surface area contributed by atoms with Gasteiger partial charge in [-0.25, -0.2) is 0 Å². The number of nitrogens with two attached hydrogens (primary N) is 1. The van der Waals surface area contributed by atoms with Crippen molar-refractivity contribution in [3.05, 3.63) is 16.6 Å². The Labute approximate surface area is 93.2 Å². The lowest BCUT2D eigenvalue weighted by atomic mass is 10.3. The summed E-state index contributed by atoms with van der Waals surface area (Å²) in [6.45, 7) is 4.32. The third-order valence-electron chi connectivity index (χ3n) is 1.92. The minimum absolute atomic E-state index is 0.243. The molecule has 84 valence electrons. The smallest absolute Gasteiger partial charge is 0.153 e. The first-order valence-corrected chi connectivity index (χ1v) is 5.70. The van der Waals surface area contributed by atoms with Crippen LogP contribution in [0.15, 0.2) is 16.9 Å². The summed E-state index contributed by atoms with van der Waals surface area (Å²) in [5, 5.41) is 11.5. The molecule has 1 rings (SSSR count). The van der Waals surface area contributed by atoms with Crippen molar-refractivity contribution >= 4 is 17.2 Å². The van der Waals surface area contributed by atoms with Crippen LogP contribution in [0.3, 0.4) is 0 Å². The molecule has 0 saturated heterocycles. The average Bonchev–Trinajstić information content (AvgIpc) is 2.70. The molecule has 15 heavy (non-hydrogen) atoms. The van der Waals surface area contributed by atoms with Crippen LogP contribution >= 0.6 is 11.3 Å². The third-order valence-corrected chi connectivity index (χ3v) is 2.68. The zero-order chi connectivity index (χ0) is 11.1. The summed E-state index contributed by atoms with van der Waals surface area (Å²) < 4.78 is 0. The van der Waals surface area contributed by atoms with E-state index in [1.807, 2.05) is 11.7 Å². The van der Waals surface area contributed by atoms with Crippen LogP contribution in [-0.2, 0) is 6.54 Å². The fourth-order valence-corrected chi connectivity index (χ4v) is 1.97. The standard InChI is InChI=1S/C9H16N4OS/c1-2-3-13(6-9(10)12-14)5-8-4-11-7-15-8/h4,7,14H,2-3,5-6H2,1H3,(H2,10,12). The quantitative estimate of drug-likeness (QED) is 0.331. The fourth-order valence-electron chi connectivity index (χ4n) is 1.33. The molecule has 1 heterocycles. The number of rotatable bonds is 6. The maximum atomic E-state index is 8.50. The number of thiazole rings is 1. The lowest BCUT2D eigenvalue weighted by Crippen LogP contribution is -2.33. The Kier molecular flexibility index (Phi) is 5.06. The molecule has 1 aromatic heterocycles. The summed E-state index contributed by atoms with van der Waals surface area (Å²) in [5.74, 6) is 0.243. The van der Waals surface area contributed by atoms with E-state index in [9.17, 15) is 0 Å². The van der Waals surface area contributed by atoms with Gasteiger partial charge < -0.3 is 10.9 Å². The molecule has 0 aliphatic rings. The first-order chi connectivity index (χ1) is 7.26. The van der Waals surface area contributed by atoms with Crippen LogP contribution < -0.4 is 5.73 Å². The topological polar surface area (TPSA) is 74.7 Å². The SMILES string of the molecule is CCCN(CC(N)=NO)Cc1cncs1. The summed E-state index contributed by atoms with van der Waals surface area (Å²) in [7, 11) is 0. The molecule has 0 unspecified atom stereocenters. The van der Waals surface area contributed by atoms with Gasteiger partial charge in [0.15, 0.2) is 5.84 Å². The van der Waals surface area contributed by atoms with Crippen LogP contribution in [0.4, 0.5) is 0 Å². The van der Waals surface area contributed by atoms with E-state index in [0.29, 0.717) is 6.54 Å². The van der Waals surface area contributed by atoms with Gasteiger partial charge in [-0.3, -0.25) is 9.88 Å². The highest BCUT2D eigenvalue weighted by Gasteiger charge is 2.08. The molecule has 3 N–H and O–H groups in total. The second kappa shape index (κ2) is 6.36. The minimum atomic E-state index is 0.243. The van der Waals surface area contributed by atoms with Crippen LogP contribution in [-0.4, -0.2) is 34.0 Å². The van der Waals surface area contributed by atoms with Crippen molar-refractivity contribution in [2.45, 2.75) is 19.9 Å². The molecule has 1 aromatic rings. The zero-order valence-corrected chi connectivity index (χ0v) is 9.57. The van der Waals surface area contributed by atoms with E-state index in [4.69, 9.17) is 10.9 Å². The number of hydrogen-bond acceptors (Lipinski definition) is 5. The van der Waals surface area contributed by atoms with E-state index in [1.165, 1.54) is 4.88 Å². The second-order valence-electron chi connectivity index (χ2n) is 3.27. The molecule has 0 fully saturated rings. The second-order valence-corrected chi connectivity index (χ2v) is 4.24. The molecule has 0 amide bonds. The zero-order valence-electron chi connectivity index (χ0n) is 8.76. The Balaban J connectivity index is 2.50. The molecule has 0 spiro atoms. The fraction of sp³-hybridized carbons (Fsp3) is 0.556. The van der Waals surface area contributed by atoms with Crippen LogP contribution in [0.25, 0.3) is 0 Å². The Morgan fingerprint density at radius 3 is 3.07 bits per heavy atom. The maximum absolute atomic E-state index is 8.50. The van der Waals surface area contributed by atoms with Crippen molar-refractivity contribution in [3.63, 3.8) is 0 Å². The lowest BCUT2D eigenvalue weighted by Gasteiger charge is -2.19. The van der Waals surface area contributed by atoms with Crippen LogP contribution in [0, 0.1) is 0 Å². The molecule has 0 aromatic carbocycles. The first kappa shape index (κ1) is 11.9. The summed E-state index contributed by atoms with van der Waals surface area (Å²) in [5.41, 5.74) is 7.29. The van der Waals surface area contributed by atoms with E-state index in [1.54, 1.807) is 11.3 Å². The van der Waals surface area contributed by atoms with Crippen molar-refractivity contribution in [2.75, 3.05) is 13.1 Å². The molecular formula is C9H16N4OS. The molecule has 6 heteroatoms. The van der Waals surface area contributed by atoms with Gasteiger partial charge in [0.25, 0.3) is 0 Å². The van der Waals surface area contributed by atoms with Crippen LogP contribution in [0.1, 0.15) is 18.2 Å². The number of amidine groups is 1. The largest absolute Gasteiger partial charge is 0.409 e. The van der Waals surface area contributed by atoms with Crippen molar-refractivity contribution in [1.29, 1.82) is 0 Å². The Morgan fingerprint density at radius 2 is 2.53 bits per heavy atom. The van der Waals surface area contributed by atoms with Gasteiger partial charge in [-0.2, -0.15) is 0 Å².